The normalized spacial score (nSPS) is 18.0. The second-order valence-corrected chi connectivity index (χ2v) is 7.62. The predicted octanol–water partition coefficient (Wildman–Crippen LogP) is 1.19. The van der Waals surface area contributed by atoms with Gasteiger partial charge in [0.05, 0.1) is 37.2 Å². The monoisotopic (exact) mass is 398 g/mol. The lowest BCUT2D eigenvalue weighted by molar-refractivity contribution is -0.0722. The molecule has 0 amide bonds. The van der Waals surface area contributed by atoms with Gasteiger partial charge in [0.2, 0.25) is 0 Å². The van der Waals surface area contributed by atoms with Crippen LogP contribution in [0.15, 0.2) is 34.4 Å². The van der Waals surface area contributed by atoms with E-state index in [1.54, 1.807) is 0 Å². The van der Waals surface area contributed by atoms with E-state index < -0.39 is 5.54 Å². The van der Waals surface area contributed by atoms with Crippen molar-refractivity contribution in [3.05, 3.63) is 30.1 Å². The number of aliphatic imine (C=N–C) groups is 2. The number of hydrogen-bond donors (Lipinski definition) is 2. The van der Waals surface area contributed by atoms with Crippen molar-refractivity contribution in [1.29, 1.82) is 0 Å². The first-order valence-electron chi connectivity index (χ1n) is 9.64. The summed E-state index contributed by atoms with van der Waals surface area (Å²) < 4.78 is 19.0. The van der Waals surface area contributed by atoms with E-state index in [9.17, 15) is 0 Å². The lowest BCUT2D eigenvalue weighted by Gasteiger charge is -2.37. The van der Waals surface area contributed by atoms with Crippen molar-refractivity contribution in [2.45, 2.75) is 32.0 Å². The van der Waals surface area contributed by atoms with Gasteiger partial charge in [0.25, 0.3) is 0 Å². The van der Waals surface area contributed by atoms with Crippen molar-refractivity contribution in [1.82, 2.24) is 9.55 Å². The molecule has 0 spiro atoms. The molecule has 1 aromatic carbocycles. The molecule has 1 aromatic heterocycles. The number of ether oxygens (including phenoxy) is 3. The maximum Gasteiger partial charge on any atom is 0.176 e. The molecule has 2 aliphatic heterocycles. The molecule has 3 heterocycles. The predicted molar refractivity (Wildman–Crippen MR) is 111 cm³/mol. The molecule has 29 heavy (non-hydrogen) atoms. The van der Waals surface area contributed by atoms with Crippen molar-refractivity contribution in [3.8, 4) is 22.9 Å². The summed E-state index contributed by atoms with van der Waals surface area (Å²) in [5.41, 5.74) is 12.8. The van der Waals surface area contributed by atoms with Gasteiger partial charge in [-0.2, -0.15) is 0 Å². The number of nitrogens with two attached hydrogens (primary N) is 2. The van der Waals surface area contributed by atoms with Gasteiger partial charge in [0.1, 0.15) is 36.2 Å². The fourth-order valence-electron chi connectivity index (χ4n) is 3.22. The molecule has 2 aromatic rings. The van der Waals surface area contributed by atoms with Crippen LogP contribution in [0, 0.1) is 0 Å². The number of rotatable bonds is 5. The zero-order chi connectivity index (χ0) is 20.4. The Morgan fingerprint density at radius 3 is 2.93 bits per heavy atom. The van der Waals surface area contributed by atoms with Gasteiger partial charge in [-0.3, -0.25) is 4.99 Å². The van der Waals surface area contributed by atoms with Crippen LogP contribution in [-0.2, 0) is 11.3 Å². The lowest BCUT2D eigenvalue weighted by atomic mass is 10.0. The van der Waals surface area contributed by atoms with E-state index in [2.05, 4.69) is 9.98 Å². The Labute approximate surface area is 169 Å². The van der Waals surface area contributed by atoms with E-state index in [1.807, 2.05) is 42.8 Å². The van der Waals surface area contributed by atoms with Crippen LogP contribution in [-0.4, -0.2) is 59.7 Å². The smallest absolute Gasteiger partial charge is 0.176 e. The molecular formula is C20H26N6O3. The van der Waals surface area contributed by atoms with E-state index in [0.29, 0.717) is 50.3 Å². The molecule has 0 atom stereocenters. The Morgan fingerprint density at radius 2 is 2.24 bits per heavy atom. The third kappa shape index (κ3) is 4.10. The van der Waals surface area contributed by atoms with E-state index in [1.165, 1.54) is 6.34 Å². The SMILES string of the molecule is CC(C)N=C(N=CN)c1cn2c(n1)-c1ccc(OCC3(N)COC3)cc1OCC2. The van der Waals surface area contributed by atoms with Crippen LogP contribution in [0.1, 0.15) is 19.5 Å². The van der Waals surface area contributed by atoms with Crippen LogP contribution in [0.2, 0.25) is 0 Å². The van der Waals surface area contributed by atoms with Crippen LogP contribution in [0.4, 0.5) is 0 Å². The molecule has 154 valence electrons. The van der Waals surface area contributed by atoms with E-state index >= 15 is 0 Å². The van der Waals surface area contributed by atoms with Gasteiger partial charge >= 0.3 is 0 Å². The quantitative estimate of drug-likeness (QED) is 0.576. The van der Waals surface area contributed by atoms with Crippen molar-refractivity contribution in [3.63, 3.8) is 0 Å². The summed E-state index contributed by atoms with van der Waals surface area (Å²) in [5, 5.41) is 0. The van der Waals surface area contributed by atoms with Gasteiger partial charge in [0, 0.05) is 18.3 Å². The number of benzene rings is 1. The van der Waals surface area contributed by atoms with Crippen molar-refractivity contribution in [2.24, 2.45) is 21.5 Å². The summed E-state index contributed by atoms with van der Waals surface area (Å²) in [5.74, 6) is 2.74. The summed E-state index contributed by atoms with van der Waals surface area (Å²) >= 11 is 0. The van der Waals surface area contributed by atoms with Gasteiger partial charge in [-0.1, -0.05) is 0 Å². The second kappa shape index (κ2) is 7.84. The molecule has 4 N–H and O–H groups in total. The molecule has 0 saturated carbocycles. The van der Waals surface area contributed by atoms with Gasteiger partial charge in [-0.15, -0.1) is 0 Å². The molecule has 9 nitrogen and oxygen atoms in total. The van der Waals surface area contributed by atoms with Crippen LogP contribution in [0.5, 0.6) is 11.5 Å². The number of hydrogen-bond acceptors (Lipinski definition) is 6. The largest absolute Gasteiger partial charge is 0.491 e. The van der Waals surface area contributed by atoms with Crippen molar-refractivity contribution in [2.75, 3.05) is 26.4 Å². The zero-order valence-corrected chi connectivity index (χ0v) is 16.7. The minimum atomic E-state index is -0.408. The third-order valence-electron chi connectivity index (χ3n) is 4.67. The second-order valence-electron chi connectivity index (χ2n) is 7.62. The highest BCUT2D eigenvalue weighted by atomic mass is 16.5. The average Bonchev–Trinajstić information content (AvgIpc) is 3.01. The van der Waals surface area contributed by atoms with Gasteiger partial charge in [-0.25, -0.2) is 9.98 Å². The van der Waals surface area contributed by atoms with Crippen LogP contribution < -0.4 is 20.9 Å². The minimum absolute atomic E-state index is 0.0810. The Kier molecular flexibility index (Phi) is 5.25. The molecule has 1 fully saturated rings. The van der Waals surface area contributed by atoms with Crippen molar-refractivity contribution >= 4 is 12.2 Å². The molecule has 2 aliphatic rings. The number of fused-ring (bicyclic) bond motifs is 3. The summed E-state index contributed by atoms with van der Waals surface area (Å²) in [6.07, 6.45) is 3.17. The summed E-state index contributed by atoms with van der Waals surface area (Å²) in [6, 6.07) is 5.81. The Bertz CT molecular complexity index is 946. The number of amidine groups is 1. The average molecular weight is 398 g/mol. The minimum Gasteiger partial charge on any atom is -0.491 e. The fraction of sp³-hybridized carbons (Fsp3) is 0.450. The van der Waals surface area contributed by atoms with Crippen LogP contribution in [0.25, 0.3) is 11.4 Å². The Balaban J connectivity index is 1.63. The molecular weight excluding hydrogens is 372 g/mol. The maximum absolute atomic E-state index is 6.14. The van der Waals surface area contributed by atoms with E-state index in [4.69, 9.17) is 30.7 Å². The third-order valence-corrected chi connectivity index (χ3v) is 4.67. The first-order chi connectivity index (χ1) is 14.0. The topological polar surface area (TPSA) is 122 Å². The Hall–Kier alpha value is -2.91. The summed E-state index contributed by atoms with van der Waals surface area (Å²) in [6.45, 7) is 6.58. The van der Waals surface area contributed by atoms with Gasteiger partial charge in [-0.05, 0) is 26.0 Å². The highest BCUT2D eigenvalue weighted by Gasteiger charge is 2.35. The molecule has 0 bridgehead atoms. The molecule has 0 aliphatic carbocycles. The van der Waals surface area contributed by atoms with Gasteiger partial charge in [0.15, 0.2) is 5.84 Å². The Morgan fingerprint density at radius 1 is 1.41 bits per heavy atom. The summed E-state index contributed by atoms with van der Waals surface area (Å²) in [7, 11) is 0. The van der Waals surface area contributed by atoms with Crippen molar-refractivity contribution < 1.29 is 14.2 Å². The highest BCUT2D eigenvalue weighted by Crippen LogP contribution is 2.35. The number of imidazole rings is 1. The van der Waals surface area contributed by atoms with E-state index in [0.717, 1.165) is 17.1 Å². The first-order valence-corrected chi connectivity index (χ1v) is 9.64. The van der Waals surface area contributed by atoms with Gasteiger partial charge < -0.3 is 30.2 Å². The maximum atomic E-state index is 6.14. The van der Waals surface area contributed by atoms with E-state index in [-0.39, 0.29) is 6.04 Å². The molecule has 9 heteroatoms. The molecule has 0 unspecified atom stereocenters. The van der Waals surface area contributed by atoms with Crippen LogP contribution >= 0.6 is 0 Å². The molecule has 1 saturated heterocycles. The summed E-state index contributed by atoms with van der Waals surface area (Å²) in [4.78, 5) is 13.5. The zero-order valence-electron chi connectivity index (χ0n) is 16.7. The number of aromatic nitrogens is 2. The lowest BCUT2D eigenvalue weighted by Crippen LogP contribution is -2.61. The number of nitrogens with zero attached hydrogens (tertiary/aromatic N) is 4. The molecule has 0 radical (unpaired) electrons. The van der Waals surface area contributed by atoms with Crippen LogP contribution in [0.3, 0.4) is 0 Å². The standard InChI is InChI=1S/C20H26N6O3/c1-13(2)24-18(23-12-21)16-8-26-5-6-28-17-7-14(3-4-15(17)19(26)25-16)29-11-20(22)9-27-10-20/h3-4,7-8,12-13H,5-6,9-11,22H2,1-2H3,(H2,21,23,24). The highest BCUT2D eigenvalue weighted by molar-refractivity contribution is 6.01. The fourth-order valence-corrected chi connectivity index (χ4v) is 3.22. The molecule has 4 rings (SSSR count). The first kappa shape index (κ1) is 19.4.